The molecule has 92 valence electrons. The Balaban J connectivity index is 2.71. The van der Waals surface area contributed by atoms with Crippen molar-refractivity contribution < 1.29 is 14.9 Å². The molecule has 6 heteroatoms. The second kappa shape index (κ2) is 6.85. The van der Waals surface area contributed by atoms with Gasteiger partial charge >= 0.3 is 0 Å². The van der Waals surface area contributed by atoms with Crippen molar-refractivity contribution in [2.75, 3.05) is 20.3 Å². The number of nitrogens with zero attached hydrogens (tertiary/aromatic N) is 2. The van der Waals surface area contributed by atoms with Crippen LogP contribution in [0.25, 0.3) is 0 Å². The molecule has 0 aliphatic rings. The zero-order valence-electron chi connectivity index (χ0n) is 9.27. The van der Waals surface area contributed by atoms with Gasteiger partial charge in [-0.1, -0.05) is 11.6 Å². The molecule has 0 aliphatic heterocycles. The molecule has 5 nitrogen and oxygen atoms in total. The summed E-state index contributed by atoms with van der Waals surface area (Å²) in [5.74, 6) is 0. The van der Waals surface area contributed by atoms with Gasteiger partial charge in [-0.3, -0.25) is 4.68 Å². The molecule has 1 rings (SSSR count). The molecule has 1 aromatic rings. The van der Waals surface area contributed by atoms with Crippen LogP contribution in [0.15, 0.2) is 6.20 Å². The molecule has 16 heavy (non-hydrogen) atoms. The Morgan fingerprint density at radius 2 is 2.38 bits per heavy atom. The van der Waals surface area contributed by atoms with E-state index in [1.54, 1.807) is 11.8 Å². The van der Waals surface area contributed by atoms with Crippen LogP contribution < -0.4 is 0 Å². The van der Waals surface area contributed by atoms with Crippen molar-refractivity contribution in [1.29, 1.82) is 0 Å². The highest BCUT2D eigenvalue weighted by molar-refractivity contribution is 6.31. The summed E-state index contributed by atoms with van der Waals surface area (Å²) in [4.78, 5) is 0. The summed E-state index contributed by atoms with van der Waals surface area (Å²) in [5, 5.41) is 23.1. The number of ether oxygens (including phenoxy) is 1. The Morgan fingerprint density at radius 1 is 1.62 bits per heavy atom. The highest BCUT2D eigenvalue weighted by atomic mass is 35.5. The number of hydrogen-bond donors (Lipinski definition) is 2. The second-order valence-corrected chi connectivity index (χ2v) is 3.88. The minimum absolute atomic E-state index is 0.0564. The molecule has 0 amide bonds. The van der Waals surface area contributed by atoms with E-state index in [-0.39, 0.29) is 6.61 Å². The topological polar surface area (TPSA) is 67.5 Å². The highest BCUT2D eigenvalue weighted by Gasteiger charge is 2.17. The van der Waals surface area contributed by atoms with Gasteiger partial charge in [-0.05, 0) is 12.8 Å². The molecule has 2 N–H and O–H groups in total. The largest absolute Gasteiger partial charge is 0.396 e. The van der Waals surface area contributed by atoms with Gasteiger partial charge in [0.1, 0.15) is 0 Å². The number of hydrogen-bond acceptors (Lipinski definition) is 4. The summed E-state index contributed by atoms with van der Waals surface area (Å²) in [6.07, 6.45) is 1.82. The third-order valence-electron chi connectivity index (χ3n) is 2.29. The van der Waals surface area contributed by atoms with Gasteiger partial charge in [0.05, 0.1) is 36.2 Å². The minimum atomic E-state index is -0.695. The summed E-state index contributed by atoms with van der Waals surface area (Å²) in [7, 11) is 1.60. The molecule has 0 fully saturated rings. The van der Waals surface area contributed by atoms with Crippen molar-refractivity contribution in [2.45, 2.75) is 25.5 Å². The maximum absolute atomic E-state index is 9.90. The van der Waals surface area contributed by atoms with Gasteiger partial charge in [0.2, 0.25) is 0 Å². The predicted molar refractivity (Wildman–Crippen MR) is 60.4 cm³/mol. The molecular weight excluding hydrogens is 232 g/mol. The highest BCUT2D eigenvalue weighted by Crippen LogP contribution is 2.25. The Kier molecular flexibility index (Phi) is 5.76. The number of aromatic nitrogens is 2. The molecule has 0 radical (unpaired) electrons. The first-order valence-corrected chi connectivity index (χ1v) is 5.57. The van der Waals surface area contributed by atoms with Crippen LogP contribution in [0.3, 0.4) is 0 Å². The van der Waals surface area contributed by atoms with E-state index in [0.29, 0.717) is 36.7 Å². The van der Waals surface area contributed by atoms with E-state index < -0.39 is 6.10 Å². The van der Waals surface area contributed by atoms with Crippen LogP contribution in [0, 0.1) is 0 Å². The maximum Gasteiger partial charge on any atom is 0.0972 e. The Morgan fingerprint density at radius 3 is 3.00 bits per heavy atom. The normalized spacial score (nSPS) is 13.0. The predicted octanol–water partition coefficient (Wildman–Crippen LogP) is 0.989. The van der Waals surface area contributed by atoms with Gasteiger partial charge < -0.3 is 14.9 Å². The second-order valence-electron chi connectivity index (χ2n) is 3.48. The lowest BCUT2D eigenvalue weighted by Crippen LogP contribution is -2.13. The lowest BCUT2D eigenvalue weighted by molar-refractivity contribution is 0.135. The molecule has 0 bridgehead atoms. The van der Waals surface area contributed by atoms with Gasteiger partial charge in [-0.15, -0.1) is 0 Å². The minimum Gasteiger partial charge on any atom is -0.396 e. The van der Waals surface area contributed by atoms with E-state index in [1.165, 1.54) is 6.20 Å². The lowest BCUT2D eigenvalue weighted by atomic mass is 10.1. The standard InChI is InChI=1S/C10H17ClN2O3/c1-16-6-4-13-10(8(11)7-12-13)9(15)3-2-5-14/h7,9,14-15H,2-6H2,1H3. The van der Waals surface area contributed by atoms with Crippen molar-refractivity contribution in [2.24, 2.45) is 0 Å². The van der Waals surface area contributed by atoms with Crippen molar-refractivity contribution in [3.8, 4) is 0 Å². The van der Waals surface area contributed by atoms with Crippen molar-refractivity contribution >= 4 is 11.6 Å². The smallest absolute Gasteiger partial charge is 0.0972 e. The van der Waals surface area contributed by atoms with E-state index in [2.05, 4.69) is 5.10 Å². The van der Waals surface area contributed by atoms with Crippen molar-refractivity contribution in [3.63, 3.8) is 0 Å². The van der Waals surface area contributed by atoms with Crippen LogP contribution >= 0.6 is 11.6 Å². The fraction of sp³-hybridized carbons (Fsp3) is 0.700. The molecule has 0 saturated carbocycles. The van der Waals surface area contributed by atoms with E-state index in [0.717, 1.165) is 0 Å². The number of aliphatic hydroxyl groups is 2. The molecule has 0 aliphatic carbocycles. The molecule has 1 atom stereocenters. The number of halogens is 1. The van der Waals surface area contributed by atoms with Gasteiger partial charge in [0.15, 0.2) is 0 Å². The molecule has 1 aromatic heterocycles. The van der Waals surface area contributed by atoms with Gasteiger partial charge in [-0.2, -0.15) is 5.10 Å². The summed E-state index contributed by atoms with van der Waals surface area (Å²) < 4.78 is 6.58. The molecule has 0 aromatic carbocycles. The van der Waals surface area contributed by atoms with Crippen LogP contribution in [0.4, 0.5) is 0 Å². The zero-order valence-corrected chi connectivity index (χ0v) is 10.0. The average Bonchev–Trinajstić information content (AvgIpc) is 2.64. The van der Waals surface area contributed by atoms with Crippen LogP contribution in [0.1, 0.15) is 24.6 Å². The van der Waals surface area contributed by atoms with Gasteiger partial charge in [0.25, 0.3) is 0 Å². The van der Waals surface area contributed by atoms with Gasteiger partial charge in [-0.25, -0.2) is 0 Å². The van der Waals surface area contributed by atoms with Crippen LogP contribution in [-0.2, 0) is 11.3 Å². The van der Waals surface area contributed by atoms with Crippen LogP contribution in [-0.4, -0.2) is 40.3 Å². The molecule has 1 heterocycles. The van der Waals surface area contributed by atoms with E-state index in [1.807, 2.05) is 0 Å². The fourth-order valence-electron chi connectivity index (χ4n) is 1.48. The first kappa shape index (κ1) is 13.4. The first-order chi connectivity index (χ1) is 7.70. The summed E-state index contributed by atoms with van der Waals surface area (Å²) in [5.41, 5.74) is 0.590. The molecular formula is C10H17ClN2O3. The summed E-state index contributed by atoms with van der Waals surface area (Å²) in [6.45, 7) is 1.12. The van der Waals surface area contributed by atoms with Crippen molar-refractivity contribution in [1.82, 2.24) is 9.78 Å². The monoisotopic (exact) mass is 248 g/mol. The number of aliphatic hydroxyl groups excluding tert-OH is 2. The molecule has 0 saturated heterocycles. The fourth-order valence-corrected chi connectivity index (χ4v) is 1.75. The van der Waals surface area contributed by atoms with Gasteiger partial charge in [0, 0.05) is 13.7 Å². The molecule has 0 spiro atoms. The third-order valence-corrected chi connectivity index (χ3v) is 2.58. The Labute approximate surface area is 99.6 Å². The Bertz CT molecular complexity index is 317. The number of methoxy groups -OCH3 is 1. The summed E-state index contributed by atoms with van der Waals surface area (Å²) >= 11 is 5.95. The quantitative estimate of drug-likeness (QED) is 0.755. The van der Waals surface area contributed by atoms with E-state index in [4.69, 9.17) is 21.4 Å². The summed E-state index contributed by atoms with van der Waals surface area (Å²) in [6, 6.07) is 0. The zero-order chi connectivity index (χ0) is 12.0. The van der Waals surface area contributed by atoms with E-state index in [9.17, 15) is 5.11 Å². The van der Waals surface area contributed by atoms with Crippen LogP contribution in [0.5, 0.6) is 0 Å². The lowest BCUT2D eigenvalue weighted by Gasteiger charge is -2.13. The van der Waals surface area contributed by atoms with Crippen LogP contribution in [0.2, 0.25) is 5.02 Å². The third kappa shape index (κ3) is 3.45. The van der Waals surface area contributed by atoms with E-state index >= 15 is 0 Å². The molecule has 1 unspecified atom stereocenters. The average molecular weight is 249 g/mol. The Hall–Kier alpha value is -0.620. The maximum atomic E-state index is 9.90. The van der Waals surface area contributed by atoms with Crippen molar-refractivity contribution in [3.05, 3.63) is 16.9 Å². The SMILES string of the molecule is COCCn1ncc(Cl)c1C(O)CCCO. The number of rotatable bonds is 7. The first-order valence-electron chi connectivity index (χ1n) is 5.19.